The van der Waals surface area contributed by atoms with Gasteiger partial charge < -0.3 is 9.80 Å². The largest absolute Gasteiger partial charge is 0.362 e. The minimum absolute atomic E-state index is 0.0570. The zero-order valence-corrected chi connectivity index (χ0v) is 16.7. The van der Waals surface area contributed by atoms with Gasteiger partial charge in [0.1, 0.15) is 0 Å². The van der Waals surface area contributed by atoms with Gasteiger partial charge in [-0.2, -0.15) is 5.10 Å². The van der Waals surface area contributed by atoms with Crippen LogP contribution in [-0.2, 0) is 20.1 Å². The van der Waals surface area contributed by atoms with E-state index in [9.17, 15) is 9.59 Å². The Bertz CT molecular complexity index is 1140. The van der Waals surface area contributed by atoms with Gasteiger partial charge in [0.25, 0.3) is 5.91 Å². The Balaban J connectivity index is 1.46. The third-order valence-corrected chi connectivity index (χ3v) is 6.10. The smallest absolute Gasteiger partial charge is 0.345 e. The lowest BCUT2D eigenvalue weighted by atomic mass is 10.0. The molecule has 0 unspecified atom stereocenters. The van der Waals surface area contributed by atoms with E-state index in [4.69, 9.17) is 0 Å². The molecule has 0 spiro atoms. The fourth-order valence-electron chi connectivity index (χ4n) is 4.53. The lowest BCUT2D eigenvalue weighted by molar-refractivity contribution is 0.0724. The maximum Gasteiger partial charge on any atom is 0.345 e. The van der Waals surface area contributed by atoms with Gasteiger partial charge in [0.15, 0.2) is 5.82 Å². The lowest BCUT2D eigenvalue weighted by Gasteiger charge is -2.30. The van der Waals surface area contributed by atoms with Crippen molar-refractivity contribution in [3.63, 3.8) is 0 Å². The van der Waals surface area contributed by atoms with E-state index >= 15 is 0 Å². The molecule has 29 heavy (non-hydrogen) atoms. The summed E-state index contributed by atoms with van der Waals surface area (Å²) < 4.78 is 3.15. The summed E-state index contributed by atoms with van der Waals surface area (Å²) in [6, 6.07) is 12.2. The average molecular weight is 391 g/mol. The zero-order chi connectivity index (χ0) is 20.0. The van der Waals surface area contributed by atoms with Crippen LogP contribution in [0.5, 0.6) is 0 Å². The molecule has 3 aromatic rings. The third kappa shape index (κ3) is 3.10. The van der Waals surface area contributed by atoms with Crippen molar-refractivity contribution in [3.8, 4) is 0 Å². The molecule has 1 saturated heterocycles. The van der Waals surface area contributed by atoms with Gasteiger partial charge in [0, 0.05) is 49.9 Å². The Morgan fingerprint density at radius 1 is 1.00 bits per heavy atom. The number of amides is 1. The first-order chi connectivity index (χ1) is 14.1. The Hall–Kier alpha value is -3.09. The number of nitrogens with zero attached hydrogens (tertiary/aromatic N) is 5. The van der Waals surface area contributed by atoms with Gasteiger partial charge in [0.05, 0.1) is 6.54 Å². The van der Waals surface area contributed by atoms with Crippen LogP contribution in [0.1, 0.15) is 35.4 Å². The summed E-state index contributed by atoms with van der Waals surface area (Å²) in [7, 11) is 1.69. The number of rotatable bonds is 2. The molecule has 0 aliphatic carbocycles. The number of piperidine rings is 1. The van der Waals surface area contributed by atoms with E-state index in [-0.39, 0.29) is 11.6 Å². The maximum absolute atomic E-state index is 12.9. The van der Waals surface area contributed by atoms with Crippen LogP contribution in [0.3, 0.4) is 0 Å². The van der Waals surface area contributed by atoms with Crippen molar-refractivity contribution in [1.82, 2.24) is 19.2 Å². The number of aryl methyl sites for hydroxylation is 1. The molecule has 5 rings (SSSR count). The van der Waals surface area contributed by atoms with Gasteiger partial charge >= 0.3 is 5.69 Å². The van der Waals surface area contributed by atoms with Gasteiger partial charge in [-0.15, -0.1) is 0 Å². The predicted molar refractivity (Wildman–Crippen MR) is 112 cm³/mol. The average Bonchev–Trinajstić information content (AvgIpc) is 3.06. The molecule has 2 aliphatic heterocycles. The molecular formula is C22H25N5O2. The van der Waals surface area contributed by atoms with Crippen LogP contribution in [0.15, 0.2) is 41.2 Å². The molecule has 0 saturated carbocycles. The van der Waals surface area contributed by atoms with Crippen molar-refractivity contribution in [1.29, 1.82) is 0 Å². The highest BCUT2D eigenvalue weighted by Gasteiger charge is 2.23. The minimum atomic E-state index is -0.0570. The van der Waals surface area contributed by atoms with E-state index in [1.54, 1.807) is 11.6 Å². The van der Waals surface area contributed by atoms with E-state index in [2.05, 4.69) is 28.2 Å². The SMILES string of the molecule is Cn1nc2n(c1=O)CCN(c1cccc3cc(C(=O)N4CCCCC4)ccc13)C2. The summed E-state index contributed by atoms with van der Waals surface area (Å²) in [5, 5.41) is 6.55. The van der Waals surface area contributed by atoms with Crippen molar-refractivity contribution < 1.29 is 4.79 Å². The first-order valence-corrected chi connectivity index (χ1v) is 10.3. The first kappa shape index (κ1) is 18.0. The van der Waals surface area contributed by atoms with Crippen molar-refractivity contribution in [2.24, 2.45) is 7.05 Å². The van der Waals surface area contributed by atoms with Crippen LogP contribution in [0.4, 0.5) is 5.69 Å². The van der Waals surface area contributed by atoms with Gasteiger partial charge in [0.2, 0.25) is 0 Å². The van der Waals surface area contributed by atoms with Crippen molar-refractivity contribution in [3.05, 3.63) is 58.3 Å². The predicted octanol–water partition coefficient (Wildman–Crippen LogP) is 2.38. The normalized spacial score (nSPS) is 16.9. The zero-order valence-electron chi connectivity index (χ0n) is 16.7. The molecule has 0 atom stereocenters. The van der Waals surface area contributed by atoms with E-state index in [0.717, 1.165) is 60.3 Å². The highest BCUT2D eigenvalue weighted by Crippen LogP contribution is 2.30. The number of hydrogen-bond donors (Lipinski definition) is 0. The van der Waals surface area contributed by atoms with Crippen molar-refractivity contribution in [2.75, 3.05) is 24.5 Å². The van der Waals surface area contributed by atoms with Gasteiger partial charge in [-0.1, -0.05) is 18.2 Å². The molecule has 3 heterocycles. The van der Waals surface area contributed by atoms with E-state index < -0.39 is 0 Å². The second-order valence-corrected chi connectivity index (χ2v) is 7.96. The number of aromatic nitrogens is 3. The van der Waals surface area contributed by atoms with Crippen LogP contribution in [0.25, 0.3) is 10.8 Å². The molecule has 7 nitrogen and oxygen atoms in total. The summed E-state index contributed by atoms with van der Waals surface area (Å²) in [5.74, 6) is 0.921. The number of carbonyl (C=O) groups is 1. The number of anilines is 1. The number of hydrogen-bond acceptors (Lipinski definition) is 4. The quantitative estimate of drug-likeness (QED) is 0.673. The summed E-state index contributed by atoms with van der Waals surface area (Å²) in [5.41, 5.74) is 1.82. The molecular weight excluding hydrogens is 366 g/mol. The molecule has 2 aromatic carbocycles. The number of likely N-dealkylation sites (tertiary alicyclic amines) is 1. The van der Waals surface area contributed by atoms with Gasteiger partial charge in [-0.05, 0) is 42.8 Å². The second kappa shape index (κ2) is 7.06. The Labute approximate surface area is 169 Å². The monoisotopic (exact) mass is 391 g/mol. The molecule has 150 valence electrons. The lowest BCUT2D eigenvalue weighted by Crippen LogP contribution is -2.37. The molecule has 0 radical (unpaired) electrons. The standard InChI is InChI=1S/C22H25N5O2/c1-24-22(29)27-13-12-26(15-20(27)23-24)19-7-5-6-16-14-17(8-9-18(16)19)21(28)25-10-3-2-4-11-25/h5-9,14H,2-4,10-13,15H2,1H3. The Kier molecular flexibility index (Phi) is 4.38. The Morgan fingerprint density at radius 3 is 2.66 bits per heavy atom. The van der Waals surface area contributed by atoms with Crippen LogP contribution >= 0.6 is 0 Å². The second-order valence-electron chi connectivity index (χ2n) is 7.96. The number of fused-ring (bicyclic) bond motifs is 2. The van der Waals surface area contributed by atoms with Crippen molar-refractivity contribution in [2.45, 2.75) is 32.4 Å². The summed E-state index contributed by atoms with van der Waals surface area (Å²) in [6.45, 7) is 3.70. The van der Waals surface area contributed by atoms with Crippen LogP contribution < -0.4 is 10.6 Å². The van der Waals surface area contributed by atoms with Gasteiger partial charge in [-0.3, -0.25) is 9.36 Å². The van der Waals surface area contributed by atoms with E-state index in [0.29, 0.717) is 13.1 Å². The Morgan fingerprint density at radius 2 is 1.83 bits per heavy atom. The minimum Gasteiger partial charge on any atom is -0.362 e. The maximum atomic E-state index is 12.9. The van der Waals surface area contributed by atoms with Crippen LogP contribution in [0, 0.1) is 0 Å². The summed E-state index contributed by atoms with van der Waals surface area (Å²) >= 11 is 0. The third-order valence-electron chi connectivity index (χ3n) is 6.10. The number of carbonyl (C=O) groups excluding carboxylic acids is 1. The molecule has 0 N–H and O–H groups in total. The fraction of sp³-hybridized carbons (Fsp3) is 0.409. The van der Waals surface area contributed by atoms with E-state index in [1.165, 1.54) is 11.1 Å². The molecule has 1 fully saturated rings. The molecule has 7 heteroatoms. The fourth-order valence-corrected chi connectivity index (χ4v) is 4.53. The molecule has 1 amide bonds. The van der Waals surface area contributed by atoms with E-state index in [1.807, 2.05) is 23.1 Å². The van der Waals surface area contributed by atoms with Gasteiger partial charge in [-0.25, -0.2) is 9.48 Å². The number of benzene rings is 2. The van der Waals surface area contributed by atoms with Crippen molar-refractivity contribution >= 4 is 22.4 Å². The highest BCUT2D eigenvalue weighted by atomic mass is 16.2. The topological polar surface area (TPSA) is 63.4 Å². The molecule has 0 bridgehead atoms. The molecule has 2 aliphatic rings. The summed E-state index contributed by atoms with van der Waals surface area (Å²) in [4.78, 5) is 29.2. The van der Waals surface area contributed by atoms with Crippen LogP contribution in [-0.4, -0.2) is 44.8 Å². The highest BCUT2D eigenvalue weighted by molar-refractivity contribution is 6.01. The first-order valence-electron chi connectivity index (χ1n) is 10.3. The van der Waals surface area contributed by atoms with Crippen LogP contribution in [0.2, 0.25) is 0 Å². The molecule has 1 aromatic heterocycles. The summed E-state index contributed by atoms with van der Waals surface area (Å²) in [6.07, 6.45) is 3.40.